The van der Waals surface area contributed by atoms with Crippen LogP contribution >= 0.6 is 0 Å². The van der Waals surface area contributed by atoms with Gasteiger partial charge in [0.25, 0.3) is 5.91 Å². The summed E-state index contributed by atoms with van der Waals surface area (Å²) in [6.07, 6.45) is 0. The molecule has 0 fully saturated rings. The molecule has 0 atom stereocenters. The van der Waals surface area contributed by atoms with Crippen molar-refractivity contribution in [1.29, 1.82) is 0 Å². The first-order valence-electron chi connectivity index (χ1n) is 5.66. The van der Waals surface area contributed by atoms with Gasteiger partial charge in [0.2, 0.25) is 0 Å². The second-order valence-electron chi connectivity index (χ2n) is 3.89. The number of amides is 1. The van der Waals surface area contributed by atoms with E-state index < -0.39 is 12.6 Å². The summed E-state index contributed by atoms with van der Waals surface area (Å²) in [4.78, 5) is 10.9. The average molecular weight is 262 g/mol. The highest BCUT2D eigenvalue weighted by Gasteiger charge is 2.01. The van der Waals surface area contributed by atoms with Crippen molar-refractivity contribution in [2.45, 2.75) is 0 Å². The lowest BCUT2D eigenvalue weighted by atomic mass is 10.2. The second-order valence-corrected chi connectivity index (χ2v) is 3.89. The predicted molar refractivity (Wildman–Crippen MR) is 70.7 cm³/mol. The summed E-state index contributed by atoms with van der Waals surface area (Å²) in [7, 11) is 0. The zero-order valence-corrected chi connectivity index (χ0v) is 9.99. The molecule has 0 unspecified atom stereocenters. The highest BCUT2D eigenvalue weighted by Crippen LogP contribution is 2.19. The third-order valence-corrected chi connectivity index (χ3v) is 2.42. The first-order valence-corrected chi connectivity index (χ1v) is 5.66. The van der Waals surface area contributed by atoms with Crippen LogP contribution in [0.2, 0.25) is 0 Å². The maximum Gasteiger partial charge on any atom is 0.255 e. The molecule has 0 aromatic heterocycles. The smallest absolute Gasteiger partial charge is 0.255 e. The number of nitrogens with one attached hydrogen (secondary N) is 2. The fourth-order valence-electron chi connectivity index (χ4n) is 1.53. The minimum Gasteiger partial charge on any atom is -0.356 e. The molecule has 2 aromatic carbocycles. The van der Waals surface area contributed by atoms with Crippen molar-refractivity contribution in [1.82, 2.24) is 0 Å². The van der Waals surface area contributed by atoms with Crippen LogP contribution in [0.15, 0.2) is 48.5 Å². The normalized spacial score (nSPS) is 10.0. The van der Waals surface area contributed by atoms with Crippen LogP contribution < -0.4 is 10.6 Å². The van der Waals surface area contributed by atoms with Gasteiger partial charge in [-0.1, -0.05) is 0 Å². The molecule has 2 rings (SSSR count). The SMILES string of the molecule is O=C(CF)Nc1ccc(Nc2ccc(F)cc2)cc1. The Bertz CT molecular complexity index is 553. The van der Waals surface area contributed by atoms with Crippen LogP contribution in [0.25, 0.3) is 0 Å². The summed E-state index contributed by atoms with van der Waals surface area (Å²) in [5.74, 6) is -0.978. The van der Waals surface area contributed by atoms with E-state index in [-0.39, 0.29) is 5.82 Å². The van der Waals surface area contributed by atoms with Crippen molar-refractivity contribution in [2.24, 2.45) is 0 Å². The van der Waals surface area contributed by atoms with E-state index in [4.69, 9.17) is 0 Å². The number of rotatable bonds is 4. The summed E-state index contributed by atoms with van der Waals surface area (Å²) in [5.41, 5.74) is 2.05. The standard InChI is InChI=1S/C14H12F2N2O/c15-9-14(19)18-13-7-5-12(6-8-13)17-11-3-1-10(16)2-4-11/h1-8,17H,9H2,(H,18,19). The molecule has 0 aliphatic rings. The van der Waals surface area contributed by atoms with Crippen molar-refractivity contribution in [3.05, 3.63) is 54.3 Å². The molecule has 2 aromatic rings. The zero-order valence-electron chi connectivity index (χ0n) is 9.99. The van der Waals surface area contributed by atoms with Gasteiger partial charge in [0.05, 0.1) is 0 Å². The monoisotopic (exact) mass is 262 g/mol. The molecule has 0 spiro atoms. The molecule has 2 N–H and O–H groups in total. The lowest BCUT2D eigenvalue weighted by Gasteiger charge is -2.08. The summed E-state index contributed by atoms with van der Waals surface area (Å²) in [6.45, 7) is -1.05. The van der Waals surface area contributed by atoms with Crippen LogP contribution in [-0.4, -0.2) is 12.6 Å². The van der Waals surface area contributed by atoms with Gasteiger partial charge in [-0.2, -0.15) is 0 Å². The van der Waals surface area contributed by atoms with E-state index in [0.717, 1.165) is 11.4 Å². The molecule has 19 heavy (non-hydrogen) atoms. The van der Waals surface area contributed by atoms with Crippen molar-refractivity contribution >= 4 is 23.0 Å². The van der Waals surface area contributed by atoms with E-state index in [9.17, 15) is 13.6 Å². The quantitative estimate of drug-likeness (QED) is 0.885. The molecule has 98 valence electrons. The Labute approximate surface area is 109 Å². The van der Waals surface area contributed by atoms with Gasteiger partial charge in [-0.15, -0.1) is 0 Å². The molecule has 0 bridgehead atoms. The first kappa shape index (κ1) is 13.0. The Kier molecular flexibility index (Phi) is 4.07. The Morgan fingerprint density at radius 1 is 0.895 bits per heavy atom. The fourth-order valence-corrected chi connectivity index (χ4v) is 1.53. The predicted octanol–water partition coefficient (Wildman–Crippen LogP) is 3.48. The van der Waals surface area contributed by atoms with Gasteiger partial charge in [0, 0.05) is 17.1 Å². The maximum absolute atomic E-state index is 12.7. The van der Waals surface area contributed by atoms with Crippen LogP contribution in [-0.2, 0) is 4.79 Å². The second kappa shape index (κ2) is 5.95. The van der Waals surface area contributed by atoms with Crippen LogP contribution in [0.1, 0.15) is 0 Å². The van der Waals surface area contributed by atoms with Gasteiger partial charge >= 0.3 is 0 Å². The number of anilines is 3. The number of hydrogen-bond acceptors (Lipinski definition) is 2. The van der Waals surface area contributed by atoms with E-state index >= 15 is 0 Å². The molecule has 0 aliphatic carbocycles. The van der Waals surface area contributed by atoms with Crippen LogP contribution in [0.3, 0.4) is 0 Å². The number of halogens is 2. The largest absolute Gasteiger partial charge is 0.356 e. The van der Waals surface area contributed by atoms with Gasteiger partial charge in [0.1, 0.15) is 5.82 Å². The number of carbonyl (C=O) groups is 1. The molecule has 1 amide bonds. The number of alkyl halides is 1. The summed E-state index contributed by atoms with van der Waals surface area (Å²) in [5, 5.41) is 5.47. The Balaban J connectivity index is 2.02. The number of hydrogen-bond donors (Lipinski definition) is 2. The van der Waals surface area contributed by atoms with E-state index in [1.165, 1.54) is 12.1 Å². The Hall–Kier alpha value is -2.43. The lowest BCUT2D eigenvalue weighted by molar-refractivity contribution is -0.117. The lowest BCUT2D eigenvalue weighted by Crippen LogP contribution is -2.12. The summed E-state index contributed by atoms with van der Waals surface area (Å²) >= 11 is 0. The first-order chi connectivity index (χ1) is 9.17. The summed E-state index contributed by atoms with van der Waals surface area (Å²) in [6, 6.07) is 12.7. The van der Waals surface area contributed by atoms with Gasteiger partial charge in [0.15, 0.2) is 6.67 Å². The van der Waals surface area contributed by atoms with E-state index in [0.29, 0.717) is 5.69 Å². The van der Waals surface area contributed by atoms with E-state index in [1.807, 2.05) is 0 Å². The minimum absolute atomic E-state index is 0.296. The van der Waals surface area contributed by atoms with Crippen molar-refractivity contribution < 1.29 is 13.6 Å². The van der Waals surface area contributed by atoms with Gasteiger partial charge in [-0.05, 0) is 48.5 Å². The third kappa shape index (κ3) is 3.77. The van der Waals surface area contributed by atoms with Gasteiger partial charge in [-0.3, -0.25) is 4.79 Å². The highest BCUT2D eigenvalue weighted by molar-refractivity contribution is 5.91. The molecule has 0 saturated carbocycles. The van der Waals surface area contributed by atoms with Crippen LogP contribution in [0.4, 0.5) is 25.8 Å². The molecule has 5 heteroatoms. The molecular weight excluding hydrogens is 250 g/mol. The molecular formula is C14H12F2N2O. The van der Waals surface area contributed by atoms with Crippen molar-refractivity contribution in [3.8, 4) is 0 Å². The number of benzene rings is 2. The van der Waals surface area contributed by atoms with Gasteiger partial charge < -0.3 is 10.6 Å². The third-order valence-electron chi connectivity index (χ3n) is 2.42. The topological polar surface area (TPSA) is 41.1 Å². The van der Waals surface area contributed by atoms with Crippen LogP contribution in [0, 0.1) is 5.82 Å². The zero-order chi connectivity index (χ0) is 13.7. The van der Waals surface area contributed by atoms with E-state index in [1.54, 1.807) is 36.4 Å². The van der Waals surface area contributed by atoms with Crippen molar-refractivity contribution in [2.75, 3.05) is 17.3 Å². The fraction of sp³-hybridized carbons (Fsp3) is 0.0714. The molecule has 0 heterocycles. The Morgan fingerprint density at radius 3 is 1.89 bits per heavy atom. The minimum atomic E-state index is -1.05. The Morgan fingerprint density at radius 2 is 1.37 bits per heavy atom. The average Bonchev–Trinajstić information content (AvgIpc) is 2.43. The van der Waals surface area contributed by atoms with Crippen LogP contribution in [0.5, 0.6) is 0 Å². The molecule has 0 radical (unpaired) electrons. The van der Waals surface area contributed by atoms with Gasteiger partial charge in [-0.25, -0.2) is 8.78 Å². The summed E-state index contributed by atoms with van der Waals surface area (Å²) < 4.78 is 24.8. The highest BCUT2D eigenvalue weighted by atomic mass is 19.1. The number of carbonyl (C=O) groups excluding carboxylic acids is 1. The molecule has 0 saturated heterocycles. The molecule has 3 nitrogen and oxygen atoms in total. The molecule has 0 aliphatic heterocycles. The van der Waals surface area contributed by atoms with E-state index in [2.05, 4.69) is 10.6 Å². The maximum atomic E-state index is 12.7. The van der Waals surface area contributed by atoms with Crippen molar-refractivity contribution in [3.63, 3.8) is 0 Å².